The molecule has 0 aromatic carbocycles. The lowest BCUT2D eigenvalue weighted by Gasteiger charge is -2.22. The van der Waals surface area contributed by atoms with Crippen LogP contribution >= 0.6 is 0 Å². The van der Waals surface area contributed by atoms with Gasteiger partial charge in [0.05, 0.1) is 47.8 Å². The number of imidazole rings is 1. The van der Waals surface area contributed by atoms with Crippen LogP contribution in [0.4, 0.5) is 0 Å². The minimum atomic E-state index is 0.265. The van der Waals surface area contributed by atoms with E-state index in [1.165, 1.54) is 19.3 Å². The van der Waals surface area contributed by atoms with Gasteiger partial charge in [-0.3, -0.25) is 20.1 Å². The lowest BCUT2D eigenvalue weighted by Crippen LogP contribution is -2.19. The Balaban J connectivity index is 1.26. The van der Waals surface area contributed by atoms with Crippen molar-refractivity contribution in [2.24, 2.45) is 0 Å². The van der Waals surface area contributed by atoms with Crippen LogP contribution in [0.3, 0.4) is 0 Å². The first-order valence-corrected chi connectivity index (χ1v) is 12.2. The SMILES string of the molecule is c1cc2[nH]c(-c3n[nH]c4cnc(-c5cncc(OC6CCCCC6)c5)cc34)nc2c(-c2ccoc2)n1. The topological polar surface area (TPSA) is 118 Å². The van der Waals surface area contributed by atoms with Crippen molar-refractivity contribution in [3.63, 3.8) is 0 Å². The van der Waals surface area contributed by atoms with E-state index in [2.05, 4.69) is 30.1 Å². The van der Waals surface area contributed by atoms with Gasteiger partial charge in [-0.2, -0.15) is 5.10 Å². The molecule has 178 valence electrons. The number of aromatic amines is 2. The molecule has 0 saturated heterocycles. The van der Waals surface area contributed by atoms with E-state index in [-0.39, 0.29) is 6.10 Å². The Labute approximate surface area is 206 Å². The predicted molar refractivity (Wildman–Crippen MR) is 135 cm³/mol. The van der Waals surface area contributed by atoms with Crippen LogP contribution in [0.15, 0.2) is 66.0 Å². The number of nitrogens with one attached hydrogen (secondary N) is 2. The number of hydrogen-bond acceptors (Lipinski definition) is 7. The molecule has 0 amide bonds. The molecule has 0 radical (unpaired) electrons. The van der Waals surface area contributed by atoms with Crippen molar-refractivity contribution in [3.8, 4) is 39.8 Å². The highest BCUT2D eigenvalue weighted by Gasteiger charge is 2.18. The largest absolute Gasteiger partial charge is 0.489 e. The molecule has 0 bridgehead atoms. The van der Waals surface area contributed by atoms with Crippen molar-refractivity contribution in [2.75, 3.05) is 0 Å². The third-order valence-corrected chi connectivity index (χ3v) is 6.73. The standard InChI is InChI=1S/C27H23N7O2/c1-2-4-18(5-3-1)36-19-10-17(12-28-13-19)22-11-20-23(14-30-22)33-34-25(20)27-31-21-6-8-29-24(26(21)32-27)16-7-9-35-15-16/h6-15,18H,1-5H2,(H,31,32)(H,33,34). The summed E-state index contributed by atoms with van der Waals surface area (Å²) in [6.45, 7) is 0. The van der Waals surface area contributed by atoms with Crippen LogP contribution in [0.2, 0.25) is 0 Å². The van der Waals surface area contributed by atoms with Crippen LogP contribution in [0.1, 0.15) is 32.1 Å². The van der Waals surface area contributed by atoms with E-state index in [9.17, 15) is 0 Å². The molecule has 0 unspecified atom stereocenters. The van der Waals surface area contributed by atoms with Crippen molar-refractivity contribution < 1.29 is 9.15 Å². The number of fused-ring (bicyclic) bond motifs is 2. The molecule has 0 spiro atoms. The van der Waals surface area contributed by atoms with Crippen LogP contribution in [-0.2, 0) is 0 Å². The van der Waals surface area contributed by atoms with Crippen LogP contribution in [0, 0.1) is 0 Å². The fourth-order valence-corrected chi connectivity index (χ4v) is 4.91. The van der Waals surface area contributed by atoms with Gasteiger partial charge in [0.15, 0.2) is 5.82 Å². The fraction of sp³-hybridized carbons (Fsp3) is 0.222. The Bertz CT molecular complexity index is 1660. The van der Waals surface area contributed by atoms with Gasteiger partial charge < -0.3 is 14.1 Å². The second-order valence-electron chi connectivity index (χ2n) is 9.13. The number of ether oxygens (including phenoxy) is 1. The Morgan fingerprint density at radius 1 is 0.917 bits per heavy atom. The minimum Gasteiger partial charge on any atom is -0.489 e. The van der Waals surface area contributed by atoms with Gasteiger partial charge in [-0.15, -0.1) is 0 Å². The molecule has 1 saturated carbocycles. The molecule has 6 aromatic heterocycles. The molecule has 0 atom stereocenters. The molecule has 6 heterocycles. The molecule has 2 N–H and O–H groups in total. The summed E-state index contributed by atoms with van der Waals surface area (Å²) in [6, 6.07) is 7.80. The summed E-state index contributed by atoms with van der Waals surface area (Å²) in [6.07, 6.45) is 16.6. The lowest BCUT2D eigenvalue weighted by molar-refractivity contribution is 0.154. The van der Waals surface area contributed by atoms with Crippen molar-refractivity contribution in [1.29, 1.82) is 0 Å². The number of pyridine rings is 3. The van der Waals surface area contributed by atoms with Gasteiger partial charge in [-0.25, -0.2) is 4.98 Å². The quantitative estimate of drug-likeness (QED) is 0.316. The van der Waals surface area contributed by atoms with Crippen molar-refractivity contribution in [2.45, 2.75) is 38.2 Å². The molecule has 9 heteroatoms. The maximum atomic E-state index is 6.22. The lowest BCUT2D eigenvalue weighted by atomic mass is 9.98. The normalized spacial score (nSPS) is 14.6. The molecule has 1 fully saturated rings. The smallest absolute Gasteiger partial charge is 0.159 e. The van der Waals surface area contributed by atoms with E-state index in [1.807, 2.05) is 30.5 Å². The zero-order valence-electron chi connectivity index (χ0n) is 19.4. The van der Waals surface area contributed by atoms with Gasteiger partial charge in [-0.05, 0) is 49.9 Å². The summed E-state index contributed by atoms with van der Waals surface area (Å²) >= 11 is 0. The average Bonchev–Trinajstić information content (AvgIpc) is 3.68. The summed E-state index contributed by atoms with van der Waals surface area (Å²) in [4.78, 5) is 21.8. The number of H-pyrrole nitrogens is 2. The van der Waals surface area contributed by atoms with Gasteiger partial charge in [0.25, 0.3) is 0 Å². The van der Waals surface area contributed by atoms with Crippen molar-refractivity contribution in [1.82, 2.24) is 35.1 Å². The zero-order valence-corrected chi connectivity index (χ0v) is 19.4. The number of nitrogens with zero attached hydrogens (tertiary/aromatic N) is 5. The van der Waals surface area contributed by atoms with Crippen molar-refractivity contribution >= 4 is 21.9 Å². The zero-order chi connectivity index (χ0) is 23.9. The maximum Gasteiger partial charge on any atom is 0.159 e. The minimum absolute atomic E-state index is 0.265. The van der Waals surface area contributed by atoms with E-state index in [0.717, 1.165) is 63.0 Å². The van der Waals surface area contributed by atoms with Gasteiger partial charge in [-0.1, -0.05) is 6.42 Å². The second kappa shape index (κ2) is 8.60. The van der Waals surface area contributed by atoms with E-state index in [4.69, 9.17) is 14.1 Å². The van der Waals surface area contributed by atoms with Gasteiger partial charge in [0.2, 0.25) is 0 Å². The van der Waals surface area contributed by atoms with Crippen LogP contribution < -0.4 is 4.74 Å². The summed E-state index contributed by atoms with van der Waals surface area (Å²) in [5.74, 6) is 1.43. The number of rotatable bonds is 5. The molecule has 7 rings (SSSR count). The molecule has 1 aliphatic rings. The molecular formula is C27H23N7O2. The third kappa shape index (κ3) is 3.69. The Morgan fingerprint density at radius 3 is 2.75 bits per heavy atom. The molecular weight excluding hydrogens is 454 g/mol. The van der Waals surface area contributed by atoms with Gasteiger partial charge >= 0.3 is 0 Å². The highest BCUT2D eigenvalue weighted by atomic mass is 16.5. The number of hydrogen-bond donors (Lipinski definition) is 2. The van der Waals surface area contributed by atoms with Crippen LogP contribution in [-0.4, -0.2) is 41.2 Å². The first-order valence-electron chi connectivity index (χ1n) is 12.2. The van der Waals surface area contributed by atoms with E-state index < -0.39 is 0 Å². The maximum absolute atomic E-state index is 6.22. The predicted octanol–water partition coefficient (Wildman–Crippen LogP) is 5.93. The van der Waals surface area contributed by atoms with Crippen molar-refractivity contribution in [3.05, 3.63) is 61.6 Å². The summed E-state index contributed by atoms with van der Waals surface area (Å²) in [5.41, 5.74) is 6.49. The molecule has 1 aliphatic carbocycles. The molecule has 6 aromatic rings. The molecule has 9 nitrogen and oxygen atoms in total. The van der Waals surface area contributed by atoms with Gasteiger partial charge in [0, 0.05) is 28.9 Å². The Hall–Kier alpha value is -4.53. The molecule has 36 heavy (non-hydrogen) atoms. The number of aromatic nitrogens is 7. The van der Waals surface area contributed by atoms with E-state index in [0.29, 0.717) is 11.5 Å². The Kier molecular flexibility index (Phi) is 4.97. The van der Waals surface area contributed by atoms with Crippen LogP contribution in [0.25, 0.3) is 56.0 Å². The summed E-state index contributed by atoms with van der Waals surface area (Å²) in [5, 5.41) is 8.53. The first kappa shape index (κ1) is 20.8. The highest BCUT2D eigenvalue weighted by molar-refractivity contribution is 5.96. The van der Waals surface area contributed by atoms with Crippen LogP contribution in [0.5, 0.6) is 5.75 Å². The van der Waals surface area contributed by atoms with Gasteiger partial charge in [0.1, 0.15) is 22.7 Å². The Morgan fingerprint density at radius 2 is 1.86 bits per heavy atom. The number of furan rings is 1. The average molecular weight is 478 g/mol. The highest BCUT2D eigenvalue weighted by Crippen LogP contribution is 2.32. The second-order valence-corrected chi connectivity index (χ2v) is 9.13. The third-order valence-electron chi connectivity index (χ3n) is 6.73. The monoisotopic (exact) mass is 477 g/mol. The summed E-state index contributed by atoms with van der Waals surface area (Å²) < 4.78 is 11.5. The fourth-order valence-electron chi connectivity index (χ4n) is 4.91. The van der Waals surface area contributed by atoms with E-state index >= 15 is 0 Å². The summed E-state index contributed by atoms with van der Waals surface area (Å²) in [7, 11) is 0. The van der Waals surface area contributed by atoms with E-state index in [1.54, 1.807) is 31.1 Å². The molecule has 0 aliphatic heterocycles. The first-order chi connectivity index (χ1) is 17.8.